The predicted octanol–water partition coefficient (Wildman–Crippen LogP) is 2.03. The van der Waals surface area contributed by atoms with Crippen LogP contribution in [0.4, 0.5) is 4.79 Å². The van der Waals surface area contributed by atoms with Crippen LogP contribution >= 0.6 is 0 Å². The number of amides is 1. The Morgan fingerprint density at radius 3 is 2.41 bits per heavy atom. The minimum absolute atomic E-state index is 0.196. The molecule has 0 aliphatic carbocycles. The van der Waals surface area contributed by atoms with E-state index >= 15 is 0 Å². The number of hydrogen-bond acceptors (Lipinski definition) is 3. The zero-order valence-electron chi connectivity index (χ0n) is 10.7. The van der Waals surface area contributed by atoms with Gasteiger partial charge in [0.15, 0.2) is 6.04 Å². The second-order valence-corrected chi connectivity index (χ2v) is 5.34. The minimum Gasteiger partial charge on any atom is -0.479 e. The number of carboxylic acid groups (broad SMARTS) is 1. The molecule has 17 heavy (non-hydrogen) atoms. The standard InChI is InChI=1S/C12H19NO4/c1-7-6-8(2)13(9(7)10(14)15)11(16)17-12(3,4)5/h8-9H,1,6H2,2-5H3,(H,14,15)/t8-,9-/m0/s1. The summed E-state index contributed by atoms with van der Waals surface area (Å²) in [5, 5.41) is 9.11. The molecule has 0 radical (unpaired) electrons. The lowest BCUT2D eigenvalue weighted by molar-refractivity contribution is -0.141. The highest BCUT2D eigenvalue weighted by molar-refractivity contribution is 5.84. The van der Waals surface area contributed by atoms with Crippen LogP contribution < -0.4 is 0 Å². The van der Waals surface area contributed by atoms with Crippen molar-refractivity contribution in [1.29, 1.82) is 0 Å². The summed E-state index contributed by atoms with van der Waals surface area (Å²) in [5.41, 5.74) is -0.0973. The number of hydrogen-bond donors (Lipinski definition) is 1. The van der Waals surface area contributed by atoms with Crippen LogP contribution in [0.1, 0.15) is 34.1 Å². The molecule has 0 bridgehead atoms. The van der Waals surface area contributed by atoms with Crippen molar-refractivity contribution in [2.45, 2.75) is 51.8 Å². The van der Waals surface area contributed by atoms with E-state index in [1.807, 2.05) is 0 Å². The molecule has 1 aliphatic rings. The molecular weight excluding hydrogens is 222 g/mol. The Labute approximate surface area is 101 Å². The predicted molar refractivity (Wildman–Crippen MR) is 62.7 cm³/mol. The molecule has 96 valence electrons. The van der Waals surface area contributed by atoms with Gasteiger partial charge in [0.25, 0.3) is 0 Å². The fraction of sp³-hybridized carbons (Fsp3) is 0.667. The topological polar surface area (TPSA) is 66.8 Å². The van der Waals surface area contributed by atoms with E-state index in [0.29, 0.717) is 12.0 Å². The number of carboxylic acids is 1. The second-order valence-electron chi connectivity index (χ2n) is 5.34. The molecule has 0 aromatic carbocycles. The molecule has 5 nitrogen and oxygen atoms in total. The number of likely N-dealkylation sites (tertiary alicyclic amines) is 1. The normalized spacial score (nSPS) is 24.9. The molecule has 0 saturated carbocycles. The first kappa shape index (κ1) is 13.5. The lowest BCUT2D eigenvalue weighted by atomic mass is 10.1. The number of aliphatic carboxylic acids is 1. The highest BCUT2D eigenvalue weighted by atomic mass is 16.6. The van der Waals surface area contributed by atoms with Crippen molar-refractivity contribution in [2.24, 2.45) is 0 Å². The van der Waals surface area contributed by atoms with Gasteiger partial charge in [-0.05, 0) is 39.7 Å². The summed E-state index contributed by atoms with van der Waals surface area (Å²) in [5.74, 6) is -1.06. The first-order valence-corrected chi connectivity index (χ1v) is 5.55. The van der Waals surface area contributed by atoms with Crippen molar-refractivity contribution in [2.75, 3.05) is 0 Å². The summed E-state index contributed by atoms with van der Waals surface area (Å²) >= 11 is 0. The van der Waals surface area contributed by atoms with Gasteiger partial charge in [-0.25, -0.2) is 9.59 Å². The Hall–Kier alpha value is -1.52. The highest BCUT2D eigenvalue weighted by Crippen LogP contribution is 2.29. The molecule has 5 heteroatoms. The molecule has 1 N–H and O–H groups in total. The fourth-order valence-electron chi connectivity index (χ4n) is 1.93. The number of nitrogens with zero attached hydrogens (tertiary/aromatic N) is 1. The summed E-state index contributed by atoms with van der Waals surface area (Å²) < 4.78 is 5.20. The van der Waals surface area contributed by atoms with Gasteiger partial charge >= 0.3 is 12.1 Å². The third-order valence-electron chi connectivity index (χ3n) is 2.54. The Balaban J connectivity index is 2.90. The van der Waals surface area contributed by atoms with Gasteiger partial charge in [0.2, 0.25) is 0 Å². The third-order valence-corrected chi connectivity index (χ3v) is 2.54. The average Bonchev–Trinajstić information content (AvgIpc) is 2.37. The third kappa shape index (κ3) is 2.99. The fourth-order valence-corrected chi connectivity index (χ4v) is 1.93. The molecule has 0 spiro atoms. The molecule has 1 amide bonds. The van der Waals surface area contributed by atoms with E-state index in [4.69, 9.17) is 9.84 Å². The van der Waals surface area contributed by atoms with Crippen LogP contribution in [0.5, 0.6) is 0 Å². The lowest BCUT2D eigenvalue weighted by Crippen LogP contribution is -2.46. The Morgan fingerprint density at radius 1 is 1.47 bits per heavy atom. The van der Waals surface area contributed by atoms with Gasteiger partial charge < -0.3 is 9.84 Å². The number of ether oxygens (including phenoxy) is 1. The number of carbonyl (C=O) groups is 2. The maximum atomic E-state index is 11.9. The largest absolute Gasteiger partial charge is 0.479 e. The molecule has 0 aromatic heterocycles. The quantitative estimate of drug-likeness (QED) is 0.713. The van der Waals surface area contributed by atoms with E-state index in [2.05, 4.69) is 6.58 Å². The van der Waals surface area contributed by atoms with Crippen LogP contribution in [0.25, 0.3) is 0 Å². The average molecular weight is 241 g/mol. The monoisotopic (exact) mass is 241 g/mol. The summed E-state index contributed by atoms with van der Waals surface area (Å²) in [7, 11) is 0. The van der Waals surface area contributed by atoms with Crippen molar-refractivity contribution in [1.82, 2.24) is 4.90 Å². The molecule has 1 heterocycles. The van der Waals surface area contributed by atoms with Crippen LogP contribution in [0.15, 0.2) is 12.2 Å². The molecule has 2 atom stereocenters. The Bertz CT molecular complexity index is 356. The van der Waals surface area contributed by atoms with Gasteiger partial charge in [-0.15, -0.1) is 0 Å². The minimum atomic E-state index is -1.06. The molecule has 1 saturated heterocycles. The van der Waals surface area contributed by atoms with E-state index < -0.39 is 23.7 Å². The van der Waals surface area contributed by atoms with E-state index in [-0.39, 0.29) is 6.04 Å². The van der Waals surface area contributed by atoms with Crippen molar-refractivity contribution in [3.8, 4) is 0 Å². The first-order chi connectivity index (χ1) is 7.63. The van der Waals surface area contributed by atoms with Gasteiger partial charge in [0.1, 0.15) is 5.60 Å². The van der Waals surface area contributed by atoms with Gasteiger partial charge in [0.05, 0.1) is 0 Å². The van der Waals surface area contributed by atoms with E-state index in [9.17, 15) is 9.59 Å². The van der Waals surface area contributed by atoms with Crippen molar-refractivity contribution >= 4 is 12.1 Å². The first-order valence-electron chi connectivity index (χ1n) is 5.55. The maximum Gasteiger partial charge on any atom is 0.411 e. The zero-order valence-corrected chi connectivity index (χ0v) is 10.7. The molecule has 1 rings (SSSR count). The summed E-state index contributed by atoms with van der Waals surface area (Å²) in [6, 6.07) is -1.17. The van der Waals surface area contributed by atoms with Crippen molar-refractivity contribution in [3.05, 3.63) is 12.2 Å². The van der Waals surface area contributed by atoms with Crippen LogP contribution in [0.3, 0.4) is 0 Å². The van der Waals surface area contributed by atoms with Crippen LogP contribution in [0.2, 0.25) is 0 Å². The van der Waals surface area contributed by atoms with Gasteiger partial charge in [0, 0.05) is 6.04 Å². The van der Waals surface area contributed by atoms with Crippen molar-refractivity contribution in [3.63, 3.8) is 0 Å². The lowest BCUT2D eigenvalue weighted by Gasteiger charge is -2.29. The zero-order chi connectivity index (χ0) is 13.4. The summed E-state index contributed by atoms with van der Waals surface area (Å²) in [4.78, 5) is 24.3. The smallest absolute Gasteiger partial charge is 0.411 e. The molecule has 1 fully saturated rings. The summed E-state index contributed by atoms with van der Waals surface area (Å²) in [6.07, 6.45) is -0.105. The van der Waals surface area contributed by atoms with E-state index in [1.165, 1.54) is 4.90 Å². The molecule has 0 aromatic rings. The number of rotatable bonds is 1. The van der Waals surface area contributed by atoms with Crippen LogP contribution in [0, 0.1) is 0 Å². The van der Waals surface area contributed by atoms with Gasteiger partial charge in [-0.3, -0.25) is 4.90 Å². The van der Waals surface area contributed by atoms with Crippen molar-refractivity contribution < 1.29 is 19.4 Å². The Kier molecular flexibility index (Phi) is 3.50. The van der Waals surface area contributed by atoms with Crippen LogP contribution in [-0.4, -0.2) is 39.8 Å². The second kappa shape index (κ2) is 4.39. The van der Waals surface area contributed by atoms with Crippen LogP contribution in [-0.2, 0) is 9.53 Å². The molecular formula is C12H19NO4. The van der Waals surface area contributed by atoms with Gasteiger partial charge in [-0.2, -0.15) is 0 Å². The van der Waals surface area contributed by atoms with E-state index in [1.54, 1.807) is 27.7 Å². The highest BCUT2D eigenvalue weighted by Gasteiger charge is 2.43. The maximum absolute atomic E-state index is 11.9. The van der Waals surface area contributed by atoms with E-state index in [0.717, 1.165) is 0 Å². The molecule has 0 unspecified atom stereocenters. The molecule has 1 aliphatic heterocycles. The van der Waals surface area contributed by atoms with Gasteiger partial charge in [-0.1, -0.05) is 6.58 Å². The summed E-state index contributed by atoms with van der Waals surface area (Å²) in [6.45, 7) is 10.7. The number of carbonyl (C=O) groups excluding carboxylic acids is 1. The Morgan fingerprint density at radius 2 is 2.00 bits per heavy atom. The SMILES string of the molecule is C=C1C[C@H](C)N(C(=O)OC(C)(C)C)[C@@H]1C(=O)O.